The Balaban J connectivity index is 1.84. The number of barbiturate groups is 1. The van der Waals surface area contributed by atoms with E-state index in [1.165, 1.54) is 6.08 Å². The van der Waals surface area contributed by atoms with E-state index < -0.39 is 17.8 Å². The van der Waals surface area contributed by atoms with E-state index in [2.05, 4.69) is 44.0 Å². The molecule has 7 heteroatoms. The van der Waals surface area contributed by atoms with Gasteiger partial charge >= 0.3 is 6.03 Å². The SMILES string of the molecule is CCN1c2cc(OC)c(/C=C3/C(=O)NC(=O)N(c4cc(C)cc(C)c4)C3=O)cc2C(C)=CC1(C)C. The maximum atomic E-state index is 13.4. The number of amides is 4. The Bertz CT molecular complexity index is 1300. The van der Waals surface area contributed by atoms with Crippen molar-refractivity contribution in [3.05, 3.63) is 64.2 Å². The van der Waals surface area contributed by atoms with Gasteiger partial charge < -0.3 is 9.64 Å². The number of likely N-dealkylation sites (N-methyl/N-ethyl adjacent to an activating group) is 1. The number of urea groups is 1. The van der Waals surface area contributed by atoms with E-state index in [9.17, 15) is 14.4 Å². The maximum Gasteiger partial charge on any atom is 0.335 e. The largest absolute Gasteiger partial charge is 0.496 e. The Morgan fingerprint density at radius 3 is 2.26 bits per heavy atom. The zero-order valence-electron chi connectivity index (χ0n) is 21.3. The molecule has 2 aromatic rings. The lowest BCUT2D eigenvalue weighted by Crippen LogP contribution is -2.54. The van der Waals surface area contributed by atoms with Gasteiger partial charge in [0.05, 0.1) is 18.3 Å². The topological polar surface area (TPSA) is 79.0 Å². The number of rotatable bonds is 4. The number of carbonyl (C=O) groups is 3. The third kappa shape index (κ3) is 4.22. The van der Waals surface area contributed by atoms with Gasteiger partial charge in [-0.25, -0.2) is 9.69 Å². The molecular formula is C28H31N3O4. The molecule has 2 aliphatic heterocycles. The molecule has 0 spiro atoms. The van der Waals surface area contributed by atoms with Gasteiger partial charge in [-0.1, -0.05) is 12.1 Å². The van der Waals surface area contributed by atoms with Crippen molar-refractivity contribution in [3.8, 4) is 5.75 Å². The minimum absolute atomic E-state index is 0.132. The fourth-order valence-electron chi connectivity index (χ4n) is 5.12. The molecule has 1 saturated heterocycles. The van der Waals surface area contributed by atoms with Crippen LogP contribution in [-0.2, 0) is 9.59 Å². The summed E-state index contributed by atoms with van der Waals surface area (Å²) >= 11 is 0. The first-order valence-electron chi connectivity index (χ1n) is 11.7. The number of nitrogens with zero attached hydrogens (tertiary/aromatic N) is 2. The van der Waals surface area contributed by atoms with Gasteiger partial charge in [0.1, 0.15) is 11.3 Å². The summed E-state index contributed by atoms with van der Waals surface area (Å²) in [7, 11) is 1.56. The number of methoxy groups -OCH3 is 1. The van der Waals surface area contributed by atoms with Crippen molar-refractivity contribution < 1.29 is 19.1 Å². The van der Waals surface area contributed by atoms with Crippen LogP contribution in [0.4, 0.5) is 16.2 Å². The Hall–Kier alpha value is -3.87. The number of nitrogens with one attached hydrogen (secondary N) is 1. The van der Waals surface area contributed by atoms with Gasteiger partial charge in [-0.15, -0.1) is 0 Å². The molecule has 2 aromatic carbocycles. The van der Waals surface area contributed by atoms with E-state index in [-0.39, 0.29) is 11.1 Å². The monoisotopic (exact) mass is 473 g/mol. The smallest absolute Gasteiger partial charge is 0.335 e. The molecule has 0 unspecified atom stereocenters. The number of imide groups is 2. The lowest BCUT2D eigenvalue weighted by Gasteiger charge is -2.43. The second kappa shape index (κ2) is 8.73. The molecule has 0 atom stereocenters. The van der Waals surface area contributed by atoms with Gasteiger partial charge in [-0.05, 0) is 82.5 Å². The highest BCUT2D eigenvalue weighted by Crippen LogP contribution is 2.42. The number of anilines is 2. The van der Waals surface area contributed by atoms with Gasteiger partial charge in [-0.3, -0.25) is 14.9 Å². The minimum Gasteiger partial charge on any atom is -0.496 e. The maximum absolute atomic E-state index is 13.4. The number of aryl methyl sites for hydroxylation is 2. The van der Waals surface area contributed by atoms with Gasteiger partial charge in [0.25, 0.3) is 11.8 Å². The normalized spacial score (nSPS) is 18.4. The summed E-state index contributed by atoms with van der Waals surface area (Å²) in [4.78, 5) is 42.1. The van der Waals surface area contributed by atoms with E-state index >= 15 is 0 Å². The average Bonchev–Trinajstić information content (AvgIpc) is 2.75. The van der Waals surface area contributed by atoms with Crippen LogP contribution in [-0.4, -0.2) is 37.0 Å². The van der Waals surface area contributed by atoms with Crippen LogP contribution in [0.5, 0.6) is 5.75 Å². The van der Waals surface area contributed by atoms with Crippen molar-refractivity contribution in [2.45, 2.75) is 47.1 Å². The van der Waals surface area contributed by atoms with Crippen molar-refractivity contribution in [3.63, 3.8) is 0 Å². The Morgan fingerprint density at radius 2 is 1.66 bits per heavy atom. The third-order valence-electron chi connectivity index (χ3n) is 6.51. The Labute approximate surface area is 206 Å². The molecule has 1 N–H and O–H groups in total. The van der Waals surface area contributed by atoms with Crippen LogP contribution in [0.15, 0.2) is 42.0 Å². The number of hydrogen-bond acceptors (Lipinski definition) is 5. The summed E-state index contributed by atoms with van der Waals surface area (Å²) in [6.45, 7) is 13.1. The third-order valence-corrected chi connectivity index (χ3v) is 6.51. The summed E-state index contributed by atoms with van der Waals surface area (Å²) in [5, 5.41) is 2.30. The molecule has 0 bridgehead atoms. The second-order valence-electron chi connectivity index (χ2n) is 9.64. The second-order valence-corrected chi connectivity index (χ2v) is 9.64. The molecular weight excluding hydrogens is 442 g/mol. The number of carbonyl (C=O) groups excluding carboxylic acids is 3. The summed E-state index contributed by atoms with van der Waals surface area (Å²) in [5.41, 5.74) is 5.66. The lowest BCUT2D eigenvalue weighted by molar-refractivity contribution is -0.122. The van der Waals surface area contributed by atoms with Crippen LogP contribution in [0.25, 0.3) is 11.6 Å². The molecule has 2 heterocycles. The zero-order valence-corrected chi connectivity index (χ0v) is 21.3. The average molecular weight is 474 g/mol. The quantitative estimate of drug-likeness (QED) is 0.499. The minimum atomic E-state index is -0.765. The molecule has 0 saturated carbocycles. The molecule has 182 valence electrons. The highest BCUT2D eigenvalue weighted by atomic mass is 16.5. The Kier molecular flexibility index (Phi) is 6.05. The summed E-state index contributed by atoms with van der Waals surface area (Å²) in [6.07, 6.45) is 3.71. The van der Waals surface area contributed by atoms with Gasteiger partial charge in [0, 0.05) is 29.4 Å². The predicted octanol–water partition coefficient (Wildman–Crippen LogP) is 5.00. The molecule has 2 aliphatic rings. The molecule has 35 heavy (non-hydrogen) atoms. The van der Waals surface area contributed by atoms with Crippen molar-refractivity contribution in [1.82, 2.24) is 5.32 Å². The summed E-state index contributed by atoms with van der Waals surface area (Å²) in [5.74, 6) is -0.869. The van der Waals surface area contributed by atoms with Crippen LogP contribution >= 0.6 is 0 Å². The highest BCUT2D eigenvalue weighted by Gasteiger charge is 2.37. The van der Waals surface area contributed by atoms with Crippen molar-refractivity contribution in [2.24, 2.45) is 0 Å². The molecule has 0 aliphatic carbocycles. The first-order chi connectivity index (χ1) is 16.5. The molecule has 4 amide bonds. The summed E-state index contributed by atoms with van der Waals surface area (Å²) < 4.78 is 5.67. The van der Waals surface area contributed by atoms with E-state index in [1.54, 1.807) is 19.2 Å². The van der Waals surface area contributed by atoms with E-state index in [0.29, 0.717) is 17.0 Å². The lowest BCUT2D eigenvalue weighted by atomic mass is 9.87. The number of hydrogen-bond donors (Lipinski definition) is 1. The molecule has 4 rings (SSSR count). The summed E-state index contributed by atoms with van der Waals surface area (Å²) in [6, 6.07) is 8.55. The van der Waals surface area contributed by atoms with E-state index in [0.717, 1.165) is 39.4 Å². The van der Waals surface area contributed by atoms with Crippen molar-refractivity contribution >= 4 is 40.9 Å². The Morgan fingerprint density at radius 1 is 1.00 bits per heavy atom. The van der Waals surface area contributed by atoms with Crippen molar-refractivity contribution in [2.75, 3.05) is 23.5 Å². The van der Waals surface area contributed by atoms with Gasteiger partial charge in [-0.2, -0.15) is 0 Å². The highest BCUT2D eigenvalue weighted by molar-refractivity contribution is 6.39. The number of benzene rings is 2. The molecule has 0 aromatic heterocycles. The molecule has 0 radical (unpaired) electrons. The fourth-order valence-corrected chi connectivity index (χ4v) is 5.12. The first-order valence-corrected chi connectivity index (χ1v) is 11.7. The van der Waals surface area contributed by atoms with Crippen LogP contribution in [0.1, 0.15) is 49.9 Å². The van der Waals surface area contributed by atoms with Crippen LogP contribution in [0.3, 0.4) is 0 Å². The first kappa shape index (κ1) is 24.3. The van der Waals surface area contributed by atoms with Crippen molar-refractivity contribution in [1.29, 1.82) is 0 Å². The molecule has 7 nitrogen and oxygen atoms in total. The molecule has 1 fully saturated rings. The van der Waals surface area contributed by atoms with E-state index in [1.807, 2.05) is 32.0 Å². The standard InChI is InChI=1S/C28H31N3O4/c1-8-30-23-14-24(35-7)19(12-21(23)18(4)15-28(30,5)6)13-22-25(32)29-27(34)31(26(22)33)20-10-16(2)9-17(3)11-20/h9-15H,8H2,1-7H3,(H,29,32,34)/b22-13-. The van der Waals surface area contributed by atoms with Crippen LogP contribution in [0.2, 0.25) is 0 Å². The number of ether oxygens (including phenoxy) is 1. The van der Waals surface area contributed by atoms with Crippen LogP contribution < -0.4 is 19.9 Å². The number of fused-ring (bicyclic) bond motifs is 1. The van der Waals surface area contributed by atoms with E-state index in [4.69, 9.17) is 4.74 Å². The zero-order chi connectivity index (χ0) is 25.7. The fraction of sp³-hybridized carbons (Fsp3) is 0.321. The van der Waals surface area contributed by atoms with Crippen LogP contribution in [0, 0.1) is 13.8 Å². The number of allylic oxidation sites excluding steroid dienone is 1. The van der Waals surface area contributed by atoms with Gasteiger partial charge in [0.2, 0.25) is 0 Å². The van der Waals surface area contributed by atoms with Gasteiger partial charge in [0.15, 0.2) is 0 Å². The predicted molar refractivity (Wildman–Crippen MR) is 139 cm³/mol.